The molecule has 1 saturated carbocycles. The first-order chi connectivity index (χ1) is 13.8. The Kier molecular flexibility index (Phi) is 4.90. The van der Waals surface area contributed by atoms with E-state index in [9.17, 15) is 27.9 Å². The molecule has 1 aliphatic heterocycles. The summed E-state index contributed by atoms with van der Waals surface area (Å²) in [5, 5.41) is 10.5. The van der Waals surface area contributed by atoms with Crippen LogP contribution in [0.5, 0.6) is 0 Å². The summed E-state index contributed by atoms with van der Waals surface area (Å²) in [4.78, 5) is 27.4. The number of benzene rings is 2. The maximum atomic E-state index is 14.5. The third-order valence-corrected chi connectivity index (χ3v) is 5.87. The molecule has 4 nitrogen and oxygen atoms in total. The maximum Gasteiger partial charge on any atom is 0.294 e. The van der Waals surface area contributed by atoms with Crippen LogP contribution in [0.2, 0.25) is 0 Å². The van der Waals surface area contributed by atoms with E-state index in [1.165, 1.54) is 11.8 Å². The zero-order valence-electron chi connectivity index (χ0n) is 15.3. The number of aliphatic hydroxyl groups is 1. The van der Waals surface area contributed by atoms with Crippen LogP contribution < -0.4 is 4.90 Å². The van der Waals surface area contributed by atoms with Crippen LogP contribution in [0.15, 0.2) is 52.6 Å². The number of hydrogen-bond donors (Lipinski definition) is 1. The third-order valence-electron chi connectivity index (χ3n) is 5.13. The largest absolute Gasteiger partial charge is 0.503 e. The Hall–Kier alpha value is -2.74. The highest BCUT2D eigenvalue weighted by molar-refractivity contribution is 7.98. The van der Waals surface area contributed by atoms with E-state index < -0.39 is 40.8 Å². The average molecular weight is 419 g/mol. The fourth-order valence-electron chi connectivity index (χ4n) is 3.47. The fraction of sp³-hybridized carbons (Fsp3) is 0.238. The number of anilines is 1. The van der Waals surface area contributed by atoms with Gasteiger partial charge in [0.2, 0.25) is 0 Å². The van der Waals surface area contributed by atoms with Crippen molar-refractivity contribution in [1.82, 2.24) is 0 Å². The number of Topliss-reactive ketones (excluding diaryl/α,β-unsaturated/α-hetero) is 1. The van der Waals surface area contributed by atoms with Crippen LogP contribution in [0, 0.1) is 23.4 Å². The molecule has 8 heteroatoms. The van der Waals surface area contributed by atoms with Gasteiger partial charge in [0, 0.05) is 10.8 Å². The van der Waals surface area contributed by atoms with E-state index in [1.54, 1.807) is 24.3 Å². The van der Waals surface area contributed by atoms with Gasteiger partial charge in [0.15, 0.2) is 29.0 Å². The zero-order chi connectivity index (χ0) is 20.9. The fourth-order valence-corrected chi connectivity index (χ4v) is 3.88. The van der Waals surface area contributed by atoms with Gasteiger partial charge in [-0.1, -0.05) is 12.1 Å². The van der Waals surface area contributed by atoms with Crippen molar-refractivity contribution in [3.63, 3.8) is 0 Å². The van der Waals surface area contributed by atoms with Crippen LogP contribution in [0.4, 0.5) is 18.9 Å². The van der Waals surface area contributed by atoms with Crippen LogP contribution in [0.1, 0.15) is 24.4 Å². The first-order valence-corrected chi connectivity index (χ1v) is 10.2. The van der Waals surface area contributed by atoms with Crippen molar-refractivity contribution >= 4 is 29.1 Å². The van der Waals surface area contributed by atoms with Gasteiger partial charge in [-0.05, 0) is 48.9 Å². The van der Waals surface area contributed by atoms with E-state index in [1.807, 2.05) is 6.26 Å². The highest BCUT2D eigenvalue weighted by Gasteiger charge is 2.48. The first kappa shape index (κ1) is 19.6. The number of aliphatic hydroxyl groups excluding tert-OH is 1. The van der Waals surface area contributed by atoms with Gasteiger partial charge in [0.05, 0.1) is 17.3 Å². The van der Waals surface area contributed by atoms with E-state index in [4.69, 9.17) is 0 Å². The zero-order valence-corrected chi connectivity index (χ0v) is 16.1. The molecule has 0 spiro atoms. The number of halogens is 3. The summed E-state index contributed by atoms with van der Waals surface area (Å²) in [6.45, 7) is 0. The second kappa shape index (κ2) is 7.26. The van der Waals surface area contributed by atoms with Gasteiger partial charge in [-0.15, -0.1) is 11.8 Å². The van der Waals surface area contributed by atoms with Gasteiger partial charge in [-0.2, -0.15) is 0 Å². The summed E-state index contributed by atoms with van der Waals surface area (Å²) in [5.41, 5.74) is -0.232. The summed E-state index contributed by atoms with van der Waals surface area (Å²) >= 11 is 1.49. The van der Waals surface area contributed by atoms with Gasteiger partial charge in [-0.25, -0.2) is 13.2 Å². The Morgan fingerprint density at radius 3 is 2.31 bits per heavy atom. The molecule has 150 valence electrons. The molecule has 1 N–H and O–H groups in total. The number of hydrogen-bond acceptors (Lipinski definition) is 4. The number of thioether (sulfide) groups is 1. The lowest BCUT2D eigenvalue weighted by atomic mass is 9.94. The number of carbonyl (C=O) groups is 2. The van der Waals surface area contributed by atoms with Gasteiger partial charge in [-0.3, -0.25) is 14.5 Å². The minimum atomic E-state index is -1.73. The summed E-state index contributed by atoms with van der Waals surface area (Å²) < 4.78 is 41.8. The molecule has 1 heterocycles. The molecule has 0 unspecified atom stereocenters. The van der Waals surface area contributed by atoms with Gasteiger partial charge < -0.3 is 5.11 Å². The molecule has 1 atom stereocenters. The topological polar surface area (TPSA) is 57.6 Å². The Balaban J connectivity index is 1.88. The molecule has 0 saturated heterocycles. The van der Waals surface area contributed by atoms with E-state index in [2.05, 4.69) is 0 Å². The molecule has 2 aromatic carbocycles. The van der Waals surface area contributed by atoms with E-state index in [0.717, 1.165) is 15.9 Å². The second-order valence-corrected chi connectivity index (χ2v) is 7.83. The summed E-state index contributed by atoms with van der Waals surface area (Å²) in [6.07, 6.45) is 3.16. The predicted molar refractivity (Wildman–Crippen MR) is 102 cm³/mol. The molecule has 1 amide bonds. The lowest BCUT2D eigenvalue weighted by Gasteiger charge is -2.27. The molecular formula is C21H16F3NO3S. The Morgan fingerprint density at radius 2 is 1.72 bits per heavy atom. The number of carbonyl (C=O) groups excluding carboxylic acids is 2. The molecule has 2 aromatic rings. The third kappa shape index (κ3) is 3.21. The number of amides is 1. The number of ketones is 1. The summed E-state index contributed by atoms with van der Waals surface area (Å²) in [6, 6.07) is 7.34. The quantitative estimate of drug-likeness (QED) is 0.564. The minimum Gasteiger partial charge on any atom is -0.503 e. The van der Waals surface area contributed by atoms with Crippen molar-refractivity contribution in [3.05, 3.63) is 70.7 Å². The summed E-state index contributed by atoms with van der Waals surface area (Å²) in [5.74, 6) is -7.19. The Morgan fingerprint density at radius 1 is 1.07 bits per heavy atom. The van der Waals surface area contributed by atoms with Crippen molar-refractivity contribution in [2.45, 2.75) is 23.8 Å². The molecule has 2 aliphatic rings. The molecule has 0 bridgehead atoms. The Bertz CT molecular complexity index is 1050. The number of nitrogens with zero attached hydrogens (tertiary/aromatic N) is 1. The van der Waals surface area contributed by atoms with Crippen molar-refractivity contribution in [3.8, 4) is 0 Å². The smallest absolute Gasteiger partial charge is 0.294 e. The normalized spacial score (nSPS) is 19.2. The van der Waals surface area contributed by atoms with Crippen LogP contribution in [0.25, 0.3) is 0 Å². The van der Waals surface area contributed by atoms with Gasteiger partial charge >= 0.3 is 0 Å². The SMILES string of the molecule is CSc1ccc([C@@H]2C(C(=O)C3CC3)=C(O)C(=O)N2c2ccc(F)c(F)c2F)cc1. The second-order valence-electron chi connectivity index (χ2n) is 6.95. The minimum absolute atomic E-state index is 0.140. The van der Waals surface area contributed by atoms with Crippen LogP contribution >= 0.6 is 11.8 Å². The Labute approximate surface area is 169 Å². The molecule has 0 aromatic heterocycles. The molecule has 1 fully saturated rings. The van der Waals surface area contributed by atoms with E-state index in [0.29, 0.717) is 24.5 Å². The monoisotopic (exact) mass is 419 g/mol. The molecule has 29 heavy (non-hydrogen) atoms. The highest BCUT2D eigenvalue weighted by atomic mass is 32.2. The molecular weight excluding hydrogens is 403 g/mol. The van der Waals surface area contributed by atoms with Crippen LogP contribution in [-0.4, -0.2) is 23.1 Å². The standard InChI is InChI=1S/C21H16F3NO3S/c1-29-12-6-4-10(5-7-12)18-15(19(26)11-2-3-11)20(27)21(28)25(18)14-9-8-13(22)16(23)17(14)24/h4-9,11,18,27H,2-3H2,1H3/t18-/m1/s1. The molecule has 0 radical (unpaired) electrons. The highest BCUT2D eigenvalue weighted by Crippen LogP contribution is 2.46. The van der Waals surface area contributed by atoms with Crippen LogP contribution in [-0.2, 0) is 9.59 Å². The van der Waals surface area contributed by atoms with E-state index in [-0.39, 0.29) is 17.3 Å². The lowest BCUT2D eigenvalue weighted by Crippen LogP contribution is -2.32. The number of rotatable bonds is 5. The lowest BCUT2D eigenvalue weighted by molar-refractivity contribution is -0.118. The van der Waals surface area contributed by atoms with Gasteiger partial charge in [0.1, 0.15) is 0 Å². The van der Waals surface area contributed by atoms with E-state index >= 15 is 0 Å². The van der Waals surface area contributed by atoms with Gasteiger partial charge in [0.25, 0.3) is 5.91 Å². The predicted octanol–water partition coefficient (Wildman–Crippen LogP) is 4.70. The maximum absolute atomic E-state index is 14.5. The first-order valence-electron chi connectivity index (χ1n) is 8.93. The van der Waals surface area contributed by atoms with Crippen molar-refractivity contribution in [2.75, 3.05) is 11.2 Å². The molecule has 4 rings (SSSR count). The summed E-state index contributed by atoms with van der Waals surface area (Å²) in [7, 11) is 0. The van der Waals surface area contributed by atoms with Crippen molar-refractivity contribution in [1.29, 1.82) is 0 Å². The molecule has 1 aliphatic carbocycles. The van der Waals surface area contributed by atoms with Crippen molar-refractivity contribution < 1.29 is 27.9 Å². The average Bonchev–Trinajstić information content (AvgIpc) is 3.54. The van der Waals surface area contributed by atoms with Crippen LogP contribution in [0.3, 0.4) is 0 Å². The van der Waals surface area contributed by atoms with Crippen molar-refractivity contribution in [2.24, 2.45) is 5.92 Å².